The SMILES string of the molecule is COCCNCCNC(=O)c1ccccc1OCc1c(C)noc1C. The maximum Gasteiger partial charge on any atom is 0.255 e. The van der Waals surface area contributed by atoms with E-state index in [1.54, 1.807) is 19.2 Å². The summed E-state index contributed by atoms with van der Waals surface area (Å²) in [6.07, 6.45) is 0. The van der Waals surface area contributed by atoms with Gasteiger partial charge in [-0.1, -0.05) is 17.3 Å². The molecule has 25 heavy (non-hydrogen) atoms. The number of aryl methyl sites for hydroxylation is 2. The summed E-state index contributed by atoms with van der Waals surface area (Å²) in [7, 11) is 1.66. The largest absolute Gasteiger partial charge is 0.488 e. The third kappa shape index (κ3) is 5.58. The minimum atomic E-state index is -0.164. The summed E-state index contributed by atoms with van der Waals surface area (Å²) in [5.74, 6) is 1.09. The lowest BCUT2D eigenvalue weighted by Crippen LogP contribution is -2.33. The molecule has 0 saturated carbocycles. The van der Waals surface area contributed by atoms with Gasteiger partial charge in [-0.25, -0.2) is 0 Å². The van der Waals surface area contributed by atoms with Crippen molar-refractivity contribution >= 4 is 5.91 Å². The Bertz CT molecular complexity index is 665. The highest BCUT2D eigenvalue weighted by atomic mass is 16.5. The molecule has 0 aliphatic rings. The average molecular weight is 347 g/mol. The van der Waals surface area contributed by atoms with E-state index in [4.69, 9.17) is 14.0 Å². The van der Waals surface area contributed by atoms with Crippen molar-refractivity contribution in [1.82, 2.24) is 15.8 Å². The Balaban J connectivity index is 1.90. The van der Waals surface area contributed by atoms with Crippen LogP contribution in [0.5, 0.6) is 5.75 Å². The Morgan fingerprint density at radius 1 is 1.20 bits per heavy atom. The van der Waals surface area contributed by atoms with Gasteiger partial charge in [0.1, 0.15) is 18.1 Å². The molecule has 0 atom stereocenters. The summed E-state index contributed by atoms with van der Waals surface area (Å²) >= 11 is 0. The number of aromatic nitrogens is 1. The van der Waals surface area contributed by atoms with Crippen molar-refractivity contribution in [3.63, 3.8) is 0 Å². The van der Waals surface area contributed by atoms with E-state index in [2.05, 4.69) is 15.8 Å². The third-order valence-corrected chi connectivity index (χ3v) is 3.76. The first-order valence-electron chi connectivity index (χ1n) is 8.25. The predicted octanol–water partition coefficient (Wildman–Crippen LogP) is 1.84. The molecule has 2 aromatic rings. The molecule has 136 valence electrons. The smallest absolute Gasteiger partial charge is 0.255 e. The average Bonchev–Trinajstić information content (AvgIpc) is 2.94. The fourth-order valence-electron chi connectivity index (χ4n) is 2.30. The van der Waals surface area contributed by atoms with E-state index >= 15 is 0 Å². The minimum absolute atomic E-state index is 0.164. The normalized spacial score (nSPS) is 10.7. The molecule has 1 aromatic carbocycles. The molecule has 7 nitrogen and oxygen atoms in total. The zero-order chi connectivity index (χ0) is 18.1. The van der Waals surface area contributed by atoms with Crippen LogP contribution in [0.2, 0.25) is 0 Å². The summed E-state index contributed by atoms with van der Waals surface area (Å²) < 4.78 is 15.9. The van der Waals surface area contributed by atoms with Crippen molar-refractivity contribution in [3.8, 4) is 5.75 Å². The topological polar surface area (TPSA) is 85.6 Å². The van der Waals surface area contributed by atoms with E-state index in [0.29, 0.717) is 37.6 Å². The van der Waals surface area contributed by atoms with Crippen LogP contribution in [0.25, 0.3) is 0 Å². The zero-order valence-corrected chi connectivity index (χ0v) is 14.9. The molecule has 7 heteroatoms. The molecule has 1 amide bonds. The molecule has 1 heterocycles. The van der Waals surface area contributed by atoms with Gasteiger partial charge in [-0.15, -0.1) is 0 Å². The summed E-state index contributed by atoms with van der Waals surface area (Å²) in [6, 6.07) is 7.18. The van der Waals surface area contributed by atoms with Crippen molar-refractivity contribution in [2.45, 2.75) is 20.5 Å². The number of ether oxygens (including phenoxy) is 2. The number of hydrogen-bond donors (Lipinski definition) is 2. The Labute approximate surface area is 147 Å². The molecule has 0 saturated heterocycles. The second-order valence-corrected chi connectivity index (χ2v) is 5.59. The standard InChI is InChI=1S/C18H25N3O4/c1-13-16(14(2)25-21-13)12-24-17-7-5-4-6-15(17)18(22)20-9-8-19-10-11-23-3/h4-7,19H,8-12H2,1-3H3,(H,20,22). The molecule has 0 aliphatic heterocycles. The molecular weight excluding hydrogens is 322 g/mol. The number of carbonyl (C=O) groups excluding carboxylic acids is 1. The maximum absolute atomic E-state index is 12.4. The number of para-hydroxylation sites is 1. The van der Waals surface area contributed by atoms with Gasteiger partial charge < -0.3 is 24.6 Å². The first-order chi connectivity index (χ1) is 12.1. The molecule has 0 unspecified atom stereocenters. The Kier molecular flexibility index (Phi) is 7.43. The second kappa shape index (κ2) is 9.80. The number of benzene rings is 1. The minimum Gasteiger partial charge on any atom is -0.488 e. The fourth-order valence-corrected chi connectivity index (χ4v) is 2.30. The van der Waals surface area contributed by atoms with Crippen LogP contribution in [-0.4, -0.2) is 44.4 Å². The number of carbonyl (C=O) groups is 1. The van der Waals surface area contributed by atoms with Crippen LogP contribution in [0.3, 0.4) is 0 Å². The first-order valence-corrected chi connectivity index (χ1v) is 8.25. The second-order valence-electron chi connectivity index (χ2n) is 5.59. The lowest BCUT2D eigenvalue weighted by molar-refractivity contribution is 0.0949. The molecule has 0 spiro atoms. The number of methoxy groups -OCH3 is 1. The molecule has 0 fully saturated rings. The summed E-state index contributed by atoms with van der Waals surface area (Å²) in [4.78, 5) is 12.4. The van der Waals surface area contributed by atoms with E-state index in [-0.39, 0.29) is 5.91 Å². The van der Waals surface area contributed by atoms with Gasteiger partial charge in [-0.05, 0) is 26.0 Å². The van der Waals surface area contributed by atoms with Crippen LogP contribution < -0.4 is 15.4 Å². The number of nitrogens with one attached hydrogen (secondary N) is 2. The summed E-state index contributed by atoms with van der Waals surface area (Å²) in [6.45, 7) is 6.62. The Morgan fingerprint density at radius 2 is 2.00 bits per heavy atom. The number of hydrogen-bond acceptors (Lipinski definition) is 6. The lowest BCUT2D eigenvalue weighted by Gasteiger charge is -2.12. The van der Waals surface area contributed by atoms with Crippen molar-refractivity contribution in [2.75, 3.05) is 33.4 Å². The quantitative estimate of drug-likeness (QED) is 0.638. The van der Waals surface area contributed by atoms with Crippen molar-refractivity contribution < 1.29 is 18.8 Å². The van der Waals surface area contributed by atoms with Gasteiger partial charge in [-0.2, -0.15) is 0 Å². The monoisotopic (exact) mass is 347 g/mol. The van der Waals surface area contributed by atoms with Crippen LogP contribution in [0.15, 0.2) is 28.8 Å². The Hall–Kier alpha value is -2.38. The van der Waals surface area contributed by atoms with Crippen LogP contribution >= 0.6 is 0 Å². The summed E-state index contributed by atoms with van der Waals surface area (Å²) in [5.41, 5.74) is 2.20. The van der Waals surface area contributed by atoms with E-state index < -0.39 is 0 Å². The van der Waals surface area contributed by atoms with E-state index in [0.717, 1.165) is 23.6 Å². The van der Waals surface area contributed by atoms with Gasteiger partial charge in [0.25, 0.3) is 5.91 Å². The number of rotatable bonds is 10. The third-order valence-electron chi connectivity index (χ3n) is 3.76. The highest BCUT2D eigenvalue weighted by Gasteiger charge is 2.14. The predicted molar refractivity (Wildman–Crippen MR) is 93.8 cm³/mol. The molecule has 0 aliphatic carbocycles. The van der Waals surface area contributed by atoms with Gasteiger partial charge in [0.2, 0.25) is 0 Å². The van der Waals surface area contributed by atoms with Crippen LogP contribution in [0.4, 0.5) is 0 Å². The first kappa shape index (κ1) is 19.0. The van der Waals surface area contributed by atoms with Gasteiger partial charge in [0.05, 0.1) is 23.4 Å². The molecule has 2 rings (SSSR count). The van der Waals surface area contributed by atoms with E-state index in [1.165, 1.54) is 0 Å². The van der Waals surface area contributed by atoms with Crippen molar-refractivity contribution in [2.24, 2.45) is 0 Å². The maximum atomic E-state index is 12.4. The van der Waals surface area contributed by atoms with Crippen LogP contribution in [0, 0.1) is 13.8 Å². The van der Waals surface area contributed by atoms with Gasteiger partial charge in [0, 0.05) is 26.7 Å². The molecule has 2 N–H and O–H groups in total. The molecule has 0 bridgehead atoms. The highest BCUT2D eigenvalue weighted by Crippen LogP contribution is 2.21. The number of nitrogens with zero attached hydrogens (tertiary/aromatic N) is 1. The molecular formula is C18H25N3O4. The van der Waals surface area contributed by atoms with Gasteiger partial charge in [-0.3, -0.25) is 4.79 Å². The van der Waals surface area contributed by atoms with Crippen LogP contribution in [0.1, 0.15) is 27.4 Å². The Morgan fingerprint density at radius 3 is 2.72 bits per heavy atom. The summed E-state index contributed by atoms with van der Waals surface area (Å²) in [5, 5.41) is 9.96. The lowest BCUT2D eigenvalue weighted by atomic mass is 10.2. The van der Waals surface area contributed by atoms with Gasteiger partial charge >= 0.3 is 0 Å². The van der Waals surface area contributed by atoms with Crippen molar-refractivity contribution in [3.05, 3.63) is 46.8 Å². The van der Waals surface area contributed by atoms with Crippen LogP contribution in [-0.2, 0) is 11.3 Å². The molecule has 0 radical (unpaired) electrons. The molecule has 1 aromatic heterocycles. The van der Waals surface area contributed by atoms with E-state index in [9.17, 15) is 4.79 Å². The van der Waals surface area contributed by atoms with Crippen molar-refractivity contribution in [1.29, 1.82) is 0 Å². The van der Waals surface area contributed by atoms with Gasteiger partial charge in [0.15, 0.2) is 0 Å². The highest BCUT2D eigenvalue weighted by molar-refractivity contribution is 5.96. The fraction of sp³-hybridized carbons (Fsp3) is 0.444. The number of amides is 1. The van der Waals surface area contributed by atoms with E-state index in [1.807, 2.05) is 26.0 Å². The zero-order valence-electron chi connectivity index (χ0n) is 14.9.